The second-order valence-corrected chi connectivity index (χ2v) is 4.27. The molecule has 0 fully saturated rings. The Hall–Kier alpha value is -0.410. The first-order valence-electron chi connectivity index (χ1n) is 3.99. The van der Waals surface area contributed by atoms with Gasteiger partial charge in [0, 0.05) is 18.4 Å². The molecule has 1 rings (SSSR count). The van der Waals surface area contributed by atoms with Crippen LogP contribution in [-0.2, 0) is 19.0 Å². The third-order valence-corrected chi connectivity index (χ3v) is 2.93. The van der Waals surface area contributed by atoms with E-state index in [9.17, 15) is 13.2 Å². The van der Waals surface area contributed by atoms with Gasteiger partial charge in [0.1, 0.15) is 5.15 Å². The van der Waals surface area contributed by atoms with Crippen LogP contribution < -0.4 is 5.73 Å². The summed E-state index contributed by atoms with van der Waals surface area (Å²) in [6, 6.07) is 0. The van der Waals surface area contributed by atoms with Gasteiger partial charge in [0.2, 0.25) is 0 Å². The van der Waals surface area contributed by atoms with Crippen LogP contribution in [0, 0.1) is 5.41 Å². The van der Waals surface area contributed by atoms with Crippen LogP contribution in [0.1, 0.15) is 11.3 Å². The van der Waals surface area contributed by atoms with E-state index in [4.69, 9.17) is 22.7 Å². The van der Waals surface area contributed by atoms with Crippen molar-refractivity contribution in [3.8, 4) is 0 Å². The molecule has 10 heteroatoms. The zero-order valence-corrected chi connectivity index (χ0v) is 11.8. The fourth-order valence-corrected chi connectivity index (χ4v) is 1.90. The van der Waals surface area contributed by atoms with Crippen molar-refractivity contribution in [3.63, 3.8) is 0 Å². The van der Waals surface area contributed by atoms with Gasteiger partial charge in [0.05, 0.1) is 0 Å². The van der Waals surface area contributed by atoms with Crippen LogP contribution in [0.4, 0.5) is 13.2 Å². The van der Waals surface area contributed by atoms with Crippen molar-refractivity contribution in [1.29, 1.82) is 5.41 Å². The SMILES string of the molecule is Br.Cn1nc(C(F)(F)F)c(CSC(=N)N)c1Cl. The number of rotatable bonds is 2. The van der Waals surface area contributed by atoms with Crippen molar-refractivity contribution in [2.75, 3.05) is 0 Å². The molecular weight excluding hydrogens is 345 g/mol. The predicted molar refractivity (Wildman–Crippen MR) is 66.8 cm³/mol. The first-order valence-corrected chi connectivity index (χ1v) is 5.35. The number of halogens is 5. The van der Waals surface area contributed by atoms with Gasteiger partial charge in [-0.2, -0.15) is 18.3 Å². The minimum absolute atomic E-state index is 0. The molecule has 0 spiro atoms. The molecule has 17 heavy (non-hydrogen) atoms. The fourth-order valence-electron chi connectivity index (χ4n) is 1.05. The summed E-state index contributed by atoms with van der Waals surface area (Å²) in [5.41, 5.74) is 3.86. The number of hydrogen-bond donors (Lipinski definition) is 2. The Morgan fingerprint density at radius 2 is 2.12 bits per heavy atom. The lowest BCUT2D eigenvalue weighted by molar-refractivity contribution is -0.141. The molecule has 0 aliphatic rings. The molecule has 0 aliphatic carbocycles. The Kier molecular flexibility index (Phi) is 5.82. The number of aryl methyl sites for hydroxylation is 1. The smallest absolute Gasteiger partial charge is 0.379 e. The summed E-state index contributed by atoms with van der Waals surface area (Å²) in [7, 11) is 1.32. The number of thioether (sulfide) groups is 1. The lowest BCUT2D eigenvalue weighted by Gasteiger charge is -2.05. The number of nitrogens with zero attached hydrogens (tertiary/aromatic N) is 2. The van der Waals surface area contributed by atoms with E-state index in [1.165, 1.54) is 7.05 Å². The predicted octanol–water partition coefficient (Wildman–Crippen LogP) is 2.80. The normalized spacial score (nSPS) is 11.1. The first kappa shape index (κ1) is 16.6. The Morgan fingerprint density at radius 3 is 2.53 bits per heavy atom. The average Bonchev–Trinajstić information content (AvgIpc) is 2.40. The van der Waals surface area contributed by atoms with E-state index < -0.39 is 11.9 Å². The summed E-state index contributed by atoms with van der Waals surface area (Å²) in [5.74, 6) is -0.128. The van der Waals surface area contributed by atoms with Crippen molar-refractivity contribution in [2.45, 2.75) is 11.9 Å². The quantitative estimate of drug-likeness (QED) is 0.634. The molecule has 0 aromatic carbocycles. The van der Waals surface area contributed by atoms with Gasteiger partial charge in [-0.1, -0.05) is 23.4 Å². The molecule has 4 nitrogen and oxygen atoms in total. The summed E-state index contributed by atoms with van der Waals surface area (Å²) < 4.78 is 38.6. The third-order valence-electron chi connectivity index (χ3n) is 1.71. The fraction of sp³-hybridized carbons (Fsp3) is 0.429. The summed E-state index contributed by atoms with van der Waals surface area (Å²) in [6.07, 6.45) is -4.56. The van der Waals surface area contributed by atoms with Crippen LogP contribution in [-0.4, -0.2) is 14.9 Å². The monoisotopic (exact) mass is 352 g/mol. The average molecular weight is 354 g/mol. The lowest BCUT2D eigenvalue weighted by atomic mass is 10.3. The molecule has 1 aromatic rings. The van der Waals surface area contributed by atoms with Crippen LogP contribution in [0.2, 0.25) is 5.15 Å². The second kappa shape index (κ2) is 5.96. The van der Waals surface area contributed by atoms with Crippen molar-refractivity contribution in [2.24, 2.45) is 12.8 Å². The number of amidine groups is 1. The largest absolute Gasteiger partial charge is 0.435 e. The summed E-state index contributed by atoms with van der Waals surface area (Å²) >= 11 is 6.44. The van der Waals surface area contributed by atoms with Crippen molar-refractivity contribution in [3.05, 3.63) is 16.4 Å². The Morgan fingerprint density at radius 1 is 1.59 bits per heavy atom. The highest BCUT2D eigenvalue weighted by molar-refractivity contribution is 8.93. The molecule has 1 heterocycles. The Labute approximate surface area is 115 Å². The van der Waals surface area contributed by atoms with Gasteiger partial charge in [0.15, 0.2) is 10.9 Å². The van der Waals surface area contributed by atoms with Crippen LogP contribution in [0.5, 0.6) is 0 Å². The van der Waals surface area contributed by atoms with E-state index in [1.54, 1.807) is 0 Å². The second-order valence-electron chi connectivity index (χ2n) is 2.89. The van der Waals surface area contributed by atoms with E-state index >= 15 is 0 Å². The highest BCUT2D eigenvalue weighted by Crippen LogP contribution is 2.35. The topological polar surface area (TPSA) is 67.7 Å². The number of aromatic nitrogens is 2. The van der Waals surface area contributed by atoms with E-state index in [-0.39, 0.29) is 38.6 Å². The first-order chi connectivity index (χ1) is 7.23. The summed E-state index contributed by atoms with van der Waals surface area (Å²) in [4.78, 5) is 0. The Bertz CT molecular complexity index is 420. The maximum Gasteiger partial charge on any atom is 0.435 e. The zero-order valence-electron chi connectivity index (χ0n) is 8.51. The molecule has 0 bridgehead atoms. The van der Waals surface area contributed by atoms with Gasteiger partial charge < -0.3 is 5.73 Å². The standard InChI is InChI=1S/C7H8ClF3N4S.BrH/c1-15-5(8)3(2-16-6(12)13)4(14-15)7(9,10)11;/h2H2,1H3,(H3,12,13);1H. The van der Waals surface area contributed by atoms with Gasteiger partial charge in [-0.15, -0.1) is 17.0 Å². The number of nitrogens with two attached hydrogens (primary N) is 1. The highest BCUT2D eigenvalue weighted by atomic mass is 79.9. The van der Waals surface area contributed by atoms with Gasteiger partial charge in [-0.05, 0) is 0 Å². The van der Waals surface area contributed by atoms with Gasteiger partial charge >= 0.3 is 6.18 Å². The van der Waals surface area contributed by atoms with Crippen molar-refractivity contribution >= 4 is 45.5 Å². The molecule has 0 atom stereocenters. The molecule has 0 saturated carbocycles. The molecule has 0 radical (unpaired) electrons. The van der Waals surface area contributed by atoms with E-state index in [0.717, 1.165) is 16.4 Å². The van der Waals surface area contributed by atoms with Crippen LogP contribution in [0.25, 0.3) is 0 Å². The van der Waals surface area contributed by atoms with E-state index in [0.29, 0.717) is 0 Å². The van der Waals surface area contributed by atoms with Crippen molar-refractivity contribution in [1.82, 2.24) is 9.78 Å². The summed E-state index contributed by atoms with van der Waals surface area (Å²) in [6.45, 7) is 0. The molecule has 0 amide bonds. The molecular formula is C7H9BrClF3N4S. The molecule has 1 aromatic heterocycles. The summed E-state index contributed by atoms with van der Waals surface area (Å²) in [5, 5.41) is 9.86. The van der Waals surface area contributed by atoms with Crippen molar-refractivity contribution < 1.29 is 13.2 Å². The number of alkyl halides is 3. The molecule has 0 unspecified atom stereocenters. The highest BCUT2D eigenvalue weighted by Gasteiger charge is 2.38. The van der Waals surface area contributed by atoms with Crippen LogP contribution in [0.15, 0.2) is 0 Å². The minimum Gasteiger partial charge on any atom is -0.379 e. The van der Waals surface area contributed by atoms with E-state index in [2.05, 4.69) is 5.10 Å². The maximum absolute atomic E-state index is 12.5. The third kappa shape index (κ3) is 4.07. The zero-order chi connectivity index (χ0) is 12.5. The lowest BCUT2D eigenvalue weighted by Crippen LogP contribution is -2.10. The molecule has 0 aliphatic heterocycles. The van der Waals surface area contributed by atoms with Gasteiger partial charge in [-0.25, -0.2) is 0 Å². The van der Waals surface area contributed by atoms with Crippen LogP contribution >= 0.6 is 40.3 Å². The number of nitrogens with one attached hydrogen (secondary N) is 1. The van der Waals surface area contributed by atoms with E-state index in [1.807, 2.05) is 0 Å². The van der Waals surface area contributed by atoms with Crippen LogP contribution in [0.3, 0.4) is 0 Å². The molecule has 3 N–H and O–H groups in total. The molecule has 0 saturated heterocycles. The van der Waals surface area contributed by atoms with Gasteiger partial charge in [0.25, 0.3) is 0 Å². The Balaban J connectivity index is 0.00000256. The maximum atomic E-state index is 12.5. The minimum atomic E-state index is -4.56. The number of hydrogen-bond acceptors (Lipinski definition) is 3. The molecule has 98 valence electrons. The van der Waals surface area contributed by atoms with Gasteiger partial charge in [-0.3, -0.25) is 10.1 Å².